The van der Waals surface area contributed by atoms with Crippen molar-refractivity contribution in [2.45, 2.75) is 26.0 Å². The summed E-state index contributed by atoms with van der Waals surface area (Å²) in [5, 5.41) is 11.0. The molecule has 0 aliphatic rings. The fraction of sp³-hybridized carbons (Fsp3) is 0.304. The molecule has 0 fully saturated rings. The van der Waals surface area contributed by atoms with Crippen molar-refractivity contribution in [3.05, 3.63) is 72.6 Å². The van der Waals surface area contributed by atoms with E-state index >= 15 is 0 Å². The van der Waals surface area contributed by atoms with Gasteiger partial charge in [0.05, 0.1) is 25.4 Å². The predicted octanol–water partition coefficient (Wildman–Crippen LogP) is 3.57. The normalized spacial score (nSPS) is 13.4. The number of rotatable bonds is 8. The molecule has 158 valence electrons. The van der Waals surface area contributed by atoms with Crippen LogP contribution in [0.1, 0.15) is 25.5 Å². The number of hydrogen-bond donors (Lipinski definition) is 2. The van der Waals surface area contributed by atoms with E-state index < -0.39 is 0 Å². The largest absolute Gasteiger partial charge is 0.497 e. The summed E-state index contributed by atoms with van der Waals surface area (Å²) in [5.41, 5.74) is 2.17. The van der Waals surface area contributed by atoms with Gasteiger partial charge in [-0.25, -0.2) is 4.68 Å². The van der Waals surface area contributed by atoms with E-state index in [0.717, 1.165) is 28.7 Å². The molecule has 0 bridgehead atoms. The van der Waals surface area contributed by atoms with Crippen LogP contribution in [0.2, 0.25) is 0 Å². The molecule has 0 saturated carbocycles. The second kappa shape index (κ2) is 10.3. The number of methoxy groups -OCH3 is 1. The zero-order valence-corrected chi connectivity index (χ0v) is 17.9. The Hall–Kier alpha value is -3.48. The Labute approximate surface area is 177 Å². The van der Waals surface area contributed by atoms with E-state index in [1.807, 2.05) is 60.3 Å². The van der Waals surface area contributed by atoms with Gasteiger partial charge in [-0.05, 0) is 61.9 Å². The second-order valence-electron chi connectivity index (χ2n) is 6.97. The van der Waals surface area contributed by atoms with Crippen LogP contribution in [0.25, 0.3) is 5.69 Å². The topological polar surface area (TPSA) is 72.7 Å². The number of hydrogen-bond acceptors (Lipinski definition) is 4. The Bertz CT molecular complexity index is 938. The predicted molar refractivity (Wildman–Crippen MR) is 120 cm³/mol. The van der Waals surface area contributed by atoms with Crippen molar-refractivity contribution < 1.29 is 9.47 Å². The summed E-state index contributed by atoms with van der Waals surface area (Å²) in [7, 11) is 3.41. The molecule has 1 heterocycles. The molecule has 7 heteroatoms. The highest BCUT2D eigenvalue weighted by molar-refractivity contribution is 5.80. The SMILES string of the molecule is CN=C(NCC(C)Oc1ccc(OC)cc1)NC(C)c1cccc(-n2cccn2)c1. The van der Waals surface area contributed by atoms with E-state index in [1.165, 1.54) is 0 Å². The maximum Gasteiger partial charge on any atom is 0.191 e. The first-order valence-electron chi connectivity index (χ1n) is 9.97. The molecule has 7 nitrogen and oxygen atoms in total. The Morgan fingerprint density at radius 2 is 1.87 bits per heavy atom. The molecule has 0 aliphatic heterocycles. The zero-order valence-electron chi connectivity index (χ0n) is 17.9. The van der Waals surface area contributed by atoms with E-state index in [-0.39, 0.29) is 12.1 Å². The van der Waals surface area contributed by atoms with E-state index in [4.69, 9.17) is 9.47 Å². The van der Waals surface area contributed by atoms with E-state index in [1.54, 1.807) is 20.4 Å². The number of ether oxygens (including phenoxy) is 2. The van der Waals surface area contributed by atoms with Gasteiger partial charge in [0.2, 0.25) is 0 Å². The Kier molecular flexibility index (Phi) is 7.32. The summed E-state index contributed by atoms with van der Waals surface area (Å²) >= 11 is 0. The van der Waals surface area contributed by atoms with E-state index in [9.17, 15) is 0 Å². The molecule has 0 saturated heterocycles. The number of nitrogens with zero attached hydrogens (tertiary/aromatic N) is 3. The van der Waals surface area contributed by atoms with Gasteiger partial charge >= 0.3 is 0 Å². The first-order chi connectivity index (χ1) is 14.6. The number of guanidine groups is 1. The van der Waals surface area contributed by atoms with Crippen molar-refractivity contribution in [3.63, 3.8) is 0 Å². The van der Waals surface area contributed by atoms with Gasteiger partial charge < -0.3 is 20.1 Å². The van der Waals surface area contributed by atoms with Crippen LogP contribution in [0.5, 0.6) is 11.5 Å². The Morgan fingerprint density at radius 3 is 2.53 bits per heavy atom. The van der Waals surface area contributed by atoms with Gasteiger partial charge in [-0.15, -0.1) is 0 Å². The third-order valence-electron chi connectivity index (χ3n) is 4.67. The third-order valence-corrected chi connectivity index (χ3v) is 4.67. The molecule has 2 atom stereocenters. The first-order valence-corrected chi connectivity index (χ1v) is 9.97. The van der Waals surface area contributed by atoms with Crippen LogP contribution < -0.4 is 20.1 Å². The standard InChI is InChI=1S/C23H29N5O2/c1-17(30-22-11-9-21(29-4)10-12-22)16-25-23(24-3)27-18(2)19-7-5-8-20(15-19)28-14-6-13-26-28/h5-15,17-18H,16H2,1-4H3,(H2,24,25,27). The lowest BCUT2D eigenvalue weighted by Gasteiger charge is -2.21. The molecule has 2 N–H and O–H groups in total. The lowest BCUT2D eigenvalue weighted by Crippen LogP contribution is -2.42. The summed E-state index contributed by atoms with van der Waals surface area (Å²) < 4.78 is 13.0. The molecular weight excluding hydrogens is 378 g/mol. The fourth-order valence-corrected chi connectivity index (χ4v) is 3.01. The molecule has 1 aromatic heterocycles. The quantitative estimate of drug-likeness (QED) is 0.441. The smallest absolute Gasteiger partial charge is 0.191 e. The molecule has 0 aliphatic carbocycles. The minimum absolute atomic E-state index is 0.0320. The van der Waals surface area contributed by atoms with Crippen LogP contribution in [0, 0.1) is 0 Å². The highest BCUT2D eigenvalue weighted by Gasteiger charge is 2.11. The van der Waals surface area contributed by atoms with E-state index in [0.29, 0.717) is 6.54 Å². The van der Waals surface area contributed by atoms with Gasteiger partial charge in [-0.2, -0.15) is 5.10 Å². The number of benzene rings is 2. The highest BCUT2D eigenvalue weighted by atomic mass is 16.5. The van der Waals surface area contributed by atoms with Crippen molar-refractivity contribution in [1.82, 2.24) is 20.4 Å². The molecular formula is C23H29N5O2. The monoisotopic (exact) mass is 407 g/mol. The Morgan fingerprint density at radius 1 is 1.10 bits per heavy atom. The molecule has 2 aromatic carbocycles. The van der Waals surface area contributed by atoms with Crippen LogP contribution in [-0.4, -0.2) is 42.5 Å². The lowest BCUT2D eigenvalue weighted by molar-refractivity contribution is 0.223. The zero-order chi connectivity index (χ0) is 21.3. The van der Waals surface area contributed by atoms with Crippen LogP contribution >= 0.6 is 0 Å². The summed E-state index contributed by atoms with van der Waals surface area (Å²) in [4.78, 5) is 4.33. The van der Waals surface area contributed by atoms with Gasteiger partial charge in [0.1, 0.15) is 17.6 Å². The van der Waals surface area contributed by atoms with Crippen LogP contribution in [0.3, 0.4) is 0 Å². The number of nitrogens with one attached hydrogen (secondary N) is 2. The number of aromatic nitrogens is 2. The average Bonchev–Trinajstić information content (AvgIpc) is 3.32. The molecule has 3 aromatic rings. The van der Waals surface area contributed by atoms with Crippen molar-refractivity contribution in [1.29, 1.82) is 0 Å². The average molecular weight is 408 g/mol. The molecule has 30 heavy (non-hydrogen) atoms. The van der Waals surface area contributed by atoms with Crippen molar-refractivity contribution in [3.8, 4) is 17.2 Å². The highest BCUT2D eigenvalue weighted by Crippen LogP contribution is 2.18. The minimum Gasteiger partial charge on any atom is -0.497 e. The van der Waals surface area contributed by atoms with E-state index in [2.05, 4.69) is 39.8 Å². The van der Waals surface area contributed by atoms with Crippen LogP contribution in [-0.2, 0) is 0 Å². The van der Waals surface area contributed by atoms with Gasteiger partial charge in [0.15, 0.2) is 5.96 Å². The minimum atomic E-state index is -0.0320. The molecule has 0 radical (unpaired) electrons. The second-order valence-corrected chi connectivity index (χ2v) is 6.97. The molecule has 0 spiro atoms. The maximum absolute atomic E-state index is 5.94. The van der Waals surface area contributed by atoms with Crippen molar-refractivity contribution in [2.75, 3.05) is 20.7 Å². The Balaban J connectivity index is 1.53. The third kappa shape index (κ3) is 5.76. The summed E-state index contributed by atoms with van der Waals surface area (Å²) in [5.74, 6) is 2.33. The van der Waals surface area contributed by atoms with Gasteiger partial charge in [0, 0.05) is 19.4 Å². The number of aliphatic imine (C=N–C) groups is 1. The van der Waals surface area contributed by atoms with Gasteiger partial charge in [-0.3, -0.25) is 4.99 Å². The summed E-state index contributed by atoms with van der Waals surface area (Å²) in [6, 6.07) is 17.8. The molecule has 0 amide bonds. The maximum atomic E-state index is 5.94. The van der Waals surface area contributed by atoms with Crippen molar-refractivity contribution in [2.24, 2.45) is 4.99 Å². The fourth-order valence-electron chi connectivity index (χ4n) is 3.01. The lowest BCUT2D eigenvalue weighted by atomic mass is 10.1. The van der Waals surface area contributed by atoms with Gasteiger partial charge in [0.25, 0.3) is 0 Å². The summed E-state index contributed by atoms with van der Waals surface area (Å²) in [6.07, 6.45) is 3.67. The van der Waals surface area contributed by atoms with Crippen LogP contribution in [0.15, 0.2) is 72.0 Å². The van der Waals surface area contributed by atoms with Crippen LogP contribution in [0.4, 0.5) is 0 Å². The van der Waals surface area contributed by atoms with Gasteiger partial charge in [-0.1, -0.05) is 12.1 Å². The first kappa shape index (κ1) is 21.2. The summed E-state index contributed by atoms with van der Waals surface area (Å²) in [6.45, 7) is 4.74. The molecule has 3 rings (SSSR count). The van der Waals surface area contributed by atoms with Crippen molar-refractivity contribution >= 4 is 5.96 Å². The molecule has 2 unspecified atom stereocenters.